The fourth-order valence-electron chi connectivity index (χ4n) is 2.37. The van der Waals surface area contributed by atoms with Crippen LogP contribution in [0.25, 0.3) is 0 Å². The van der Waals surface area contributed by atoms with Gasteiger partial charge in [0.25, 0.3) is 0 Å². The highest BCUT2D eigenvalue weighted by Crippen LogP contribution is 2.40. The highest BCUT2D eigenvalue weighted by Gasteiger charge is 2.39. The monoisotopic (exact) mass is 303 g/mol. The second-order valence-corrected chi connectivity index (χ2v) is 6.02. The molecule has 4 atom stereocenters. The molecule has 0 spiro atoms. The second-order valence-electron chi connectivity index (χ2n) is 6.02. The summed E-state index contributed by atoms with van der Waals surface area (Å²) in [6.45, 7) is 5.64. The molecule has 5 nitrogen and oxygen atoms in total. The van der Waals surface area contributed by atoms with E-state index < -0.39 is 6.04 Å². The fraction of sp³-hybridized carbons (Fsp3) is 0.529. The van der Waals surface area contributed by atoms with E-state index in [0.717, 1.165) is 12.8 Å². The van der Waals surface area contributed by atoms with Gasteiger partial charge in [0, 0.05) is 18.0 Å². The highest BCUT2D eigenvalue weighted by atomic mass is 16.2. The molecular weight excluding hydrogens is 278 g/mol. The van der Waals surface area contributed by atoms with Crippen LogP contribution in [0.1, 0.15) is 45.1 Å². The van der Waals surface area contributed by atoms with Gasteiger partial charge in [0.1, 0.15) is 6.04 Å². The Morgan fingerprint density at radius 1 is 1.18 bits per heavy atom. The summed E-state index contributed by atoms with van der Waals surface area (Å²) in [6.07, 6.45) is 1.82. The van der Waals surface area contributed by atoms with Gasteiger partial charge in [-0.2, -0.15) is 0 Å². The molecule has 2 rings (SSSR count). The molecule has 0 unspecified atom stereocenters. The molecule has 1 fully saturated rings. The molecule has 5 heteroatoms. The van der Waals surface area contributed by atoms with E-state index in [1.165, 1.54) is 5.56 Å². The summed E-state index contributed by atoms with van der Waals surface area (Å²) in [5.74, 6) is 0.233. The first-order valence-corrected chi connectivity index (χ1v) is 7.93. The first kappa shape index (κ1) is 16.3. The minimum Gasteiger partial charge on any atom is -0.352 e. The van der Waals surface area contributed by atoms with Crippen LogP contribution in [-0.2, 0) is 4.79 Å². The van der Waals surface area contributed by atoms with Gasteiger partial charge < -0.3 is 16.0 Å². The summed E-state index contributed by atoms with van der Waals surface area (Å²) in [5, 5.41) is 8.47. The van der Waals surface area contributed by atoms with Gasteiger partial charge in [0.15, 0.2) is 0 Å². The van der Waals surface area contributed by atoms with Gasteiger partial charge in [-0.3, -0.25) is 4.79 Å². The number of urea groups is 1. The van der Waals surface area contributed by atoms with E-state index in [0.29, 0.717) is 5.92 Å². The van der Waals surface area contributed by atoms with Crippen molar-refractivity contribution in [1.29, 1.82) is 0 Å². The van der Waals surface area contributed by atoms with Crippen molar-refractivity contribution in [2.45, 2.75) is 57.7 Å². The molecule has 1 aromatic carbocycles. The number of amides is 3. The van der Waals surface area contributed by atoms with Crippen molar-refractivity contribution in [1.82, 2.24) is 16.0 Å². The Hall–Kier alpha value is -2.04. The Morgan fingerprint density at radius 3 is 2.50 bits per heavy atom. The number of rotatable bonds is 6. The number of hydrogen-bond donors (Lipinski definition) is 3. The predicted molar refractivity (Wildman–Crippen MR) is 86.6 cm³/mol. The molecule has 120 valence electrons. The Morgan fingerprint density at radius 2 is 1.86 bits per heavy atom. The Kier molecular flexibility index (Phi) is 5.41. The number of benzene rings is 1. The molecule has 0 radical (unpaired) electrons. The highest BCUT2D eigenvalue weighted by molar-refractivity contribution is 5.87. The molecule has 0 aliphatic heterocycles. The maximum atomic E-state index is 11.9. The normalized spacial score (nSPS) is 22.3. The zero-order valence-electron chi connectivity index (χ0n) is 13.4. The first-order chi connectivity index (χ1) is 10.5. The minimum atomic E-state index is -0.539. The van der Waals surface area contributed by atoms with Crippen molar-refractivity contribution >= 4 is 11.9 Å². The Labute approximate surface area is 131 Å². The lowest BCUT2D eigenvalue weighted by molar-refractivity contribution is -0.123. The largest absolute Gasteiger partial charge is 0.352 e. The Bertz CT molecular complexity index is 518. The summed E-state index contributed by atoms with van der Waals surface area (Å²) in [5.41, 5.74) is 1.25. The summed E-state index contributed by atoms with van der Waals surface area (Å²) in [6, 6.07) is 9.60. The van der Waals surface area contributed by atoms with Crippen LogP contribution in [0.2, 0.25) is 0 Å². The lowest BCUT2D eigenvalue weighted by atomic mass is 10.1. The molecule has 0 saturated heterocycles. The van der Waals surface area contributed by atoms with E-state index in [2.05, 4.69) is 28.1 Å². The van der Waals surface area contributed by atoms with Crippen LogP contribution >= 0.6 is 0 Å². The molecule has 1 aliphatic carbocycles. The maximum Gasteiger partial charge on any atom is 0.315 e. The van der Waals surface area contributed by atoms with Gasteiger partial charge in [0.2, 0.25) is 5.91 Å². The SMILES string of the molecule is CC[C@H](C)NC(=O)[C@H](C)NC(=O)N[C@H]1C[C@@H]1c1ccccc1. The van der Waals surface area contributed by atoms with Crippen LogP contribution in [0, 0.1) is 0 Å². The van der Waals surface area contributed by atoms with Crippen molar-refractivity contribution < 1.29 is 9.59 Å². The van der Waals surface area contributed by atoms with Crippen LogP contribution in [0.15, 0.2) is 30.3 Å². The van der Waals surface area contributed by atoms with E-state index in [-0.39, 0.29) is 24.0 Å². The lowest BCUT2D eigenvalue weighted by Crippen LogP contribution is -2.50. The second kappa shape index (κ2) is 7.29. The van der Waals surface area contributed by atoms with Crippen LogP contribution in [0.5, 0.6) is 0 Å². The molecule has 0 bridgehead atoms. The average Bonchev–Trinajstić information content (AvgIpc) is 3.26. The predicted octanol–water partition coefficient (Wildman–Crippen LogP) is 2.14. The van der Waals surface area contributed by atoms with E-state index >= 15 is 0 Å². The summed E-state index contributed by atoms with van der Waals surface area (Å²) in [7, 11) is 0. The number of carbonyl (C=O) groups excluding carboxylic acids is 2. The molecular formula is C17H25N3O2. The van der Waals surface area contributed by atoms with Crippen LogP contribution in [0.3, 0.4) is 0 Å². The van der Waals surface area contributed by atoms with Crippen LogP contribution < -0.4 is 16.0 Å². The van der Waals surface area contributed by atoms with Crippen LogP contribution in [0.4, 0.5) is 4.79 Å². The van der Waals surface area contributed by atoms with Crippen molar-refractivity contribution in [3.63, 3.8) is 0 Å². The van der Waals surface area contributed by atoms with Gasteiger partial charge in [-0.05, 0) is 32.3 Å². The van der Waals surface area contributed by atoms with Gasteiger partial charge in [-0.25, -0.2) is 4.79 Å². The molecule has 1 saturated carbocycles. The summed E-state index contributed by atoms with van der Waals surface area (Å²) < 4.78 is 0. The van der Waals surface area contributed by atoms with E-state index in [4.69, 9.17) is 0 Å². The maximum absolute atomic E-state index is 11.9. The topological polar surface area (TPSA) is 70.2 Å². The number of nitrogens with one attached hydrogen (secondary N) is 3. The van der Waals surface area contributed by atoms with Gasteiger partial charge in [0.05, 0.1) is 0 Å². The third kappa shape index (κ3) is 4.48. The third-order valence-electron chi connectivity index (χ3n) is 4.08. The minimum absolute atomic E-state index is 0.116. The van der Waals surface area contributed by atoms with Crippen molar-refractivity contribution in [3.8, 4) is 0 Å². The molecule has 3 N–H and O–H groups in total. The molecule has 3 amide bonds. The Balaban J connectivity index is 1.74. The molecule has 0 heterocycles. The van der Waals surface area contributed by atoms with Gasteiger partial charge in [-0.1, -0.05) is 37.3 Å². The first-order valence-electron chi connectivity index (χ1n) is 7.93. The zero-order chi connectivity index (χ0) is 16.1. The van der Waals surface area contributed by atoms with Crippen molar-refractivity contribution in [2.75, 3.05) is 0 Å². The zero-order valence-corrected chi connectivity index (χ0v) is 13.4. The smallest absolute Gasteiger partial charge is 0.315 e. The van der Waals surface area contributed by atoms with Crippen LogP contribution in [-0.4, -0.2) is 30.1 Å². The van der Waals surface area contributed by atoms with E-state index in [9.17, 15) is 9.59 Å². The molecule has 1 aliphatic rings. The summed E-state index contributed by atoms with van der Waals surface area (Å²) in [4.78, 5) is 23.8. The molecule has 1 aromatic rings. The van der Waals surface area contributed by atoms with Gasteiger partial charge >= 0.3 is 6.03 Å². The fourth-order valence-corrected chi connectivity index (χ4v) is 2.37. The van der Waals surface area contributed by atoms with Gasteiger partial charge in [-0.15, -0.1) is 0 Å². The number of carbonyl (C=O) groups is 2. The third-order valence-corrected chi connectivity index (χ3v) is 4.08. The lowest BCUT2D eigenvalue weighted by Gasteiger charge is -2.17. The standard InChI is InChI=1S/C17H25N3O2/c1-4-11(2)18-16(21)12(3)19-17(22)20-15-10-14(15)13-8-6-5-7-9-13/h5-9,11-12,14-15H,4,10H2,1-3H3,(H,18,21)(H2,19,20,22)/t11-,12-,14+,15-/m0/s1. The van der Waals surface area contributed by atoms with E-state index in [1.54, 1.807) is 6.92 Å². The molecule has 22 heavy (non-hydrogen) atoms. The summed E-state index contributed by atoms with van der Waals surface area (Å²) >= 11 is 0. The van der Waals surface area contributed by atoms with E-state index in [1.807, 2.05) is 32.0 Å². The quantitative estimate of drug-likeness (QED) is 0.753. The number of hydrogen-bond acceptors (Lipinski definition) is 2. The van der Waals surface area contributed by atoms with Crippen molar-refractivity contribution in [2.24, 2.45) is 0 Å². The average molecular weight is 303 g/mol. The molecule has 0 aromatic heterocycles. The van der Waals surface area contributed by atoms with Crippen molar-refractivity contribution in [3.05, 3.63) is 35.9 Å².